The smallest absolute Gasteiger partial charge is 0.179 e. The van der Waals surface area contributed by atoms with Gasteiger partial charge in [0, 0.05) is 5.56 Å². The Morgan fingerprint density at radius 3 is 1.61 bits per heavy atom. The number of nitrogens with zero attached hydrogens (tertiary/aromatic N) is 1. The lowest BCUT2D eigenvalue weighted by Crippen LogP contribution is -2.35. The minimum Gasteiger partial charge on any atom is -0.299 e. The molecule has 2 nitrogen and oxygen atoms in total. The number of ketones is 1. The van der Waals surface area contributed by atoms with Gasteiger partial charge >= 0.3 is 0 Å². The minimum absolute atomic E-state index is 0. The van der Waals surface area contributed by atoms with Gasteiger partial charge in [0.25, 0.3) is 0 Å². The Hall–Kier alpha value is -0.670. The molecule has 1 atom stereocenters. The van der Waals surface area contributed by atoms with Crippen LogP contribution in [0.15, 0.2) is 30.3 Å². The second kappa shape index (κ2) is 18.4. The van der Waals surface area contributed by atoms with Gasteiger partial charge in [-0.05, 0) is 20.5 Å². The highest BCUT2D eigenvalue weighted by molar-refractivity contribution is 8.93. The average Bonchev–Trinajstić information content (AvgIpc) is 2.68. The number of hydrogen-bond acceptors (Lipinski definition) is 2. The van der Waals surface area contributed by atoms with Crippen LogP contribution in [0.1, 0.15) is 107 Å². The molecule has 0 saturated carbocycles. The summed E-state index contributed by atoms with van der Waals surface area (Å²) in [7, 11) is 4.04. The molecule has 0 fully saturated rings. The molecule has 0 bridgehead atoms. The highest BCUT2D eigenvalue weighted by atomic mass is 79.9. The molecule has 0 radical (unpaired) electrons. The Bertz CT molecular complexity index is 475. The van der Waals surface area contributed by atoms with E-state index in [4.69, 9.17) is 0 Å². The summed E-state index contributed by atoms with van der Waals surface area (Å²) in [6.07, 6.45) is 18.7. The fourth-order valence-electron chi connectivity index (χ4n) is 3.77. The number of carbonyl (C=O) groups excluding carboxylic acids is 1. The number of likely N-dealkylation sites (N-methyl/N-ethyl adjacent to an activating group) is 1. The summed E-state index contributed by atoms with van der Waals surface area (Å²) in [6, 6.07) is 9.75. The zero-order chi connectivity index (χ0) is 19.7. The second-order valence-electron chi connectivity index (χ2n) is 8.24. The van der Waals surface area contributed by atoms with Gasteiger partial charge in [-0.2, -0.15) is 0 Å². The molecule has 1 aromatic rings. The summed E-state index contributed by atoms with van der Waals surface area (Å²) in [5.41, 5.74) is 0.839. The van der Waals surface area contributed by atoms with E-state index in [1.807, 2.05) is 44.4 Å². The Morgan fingerprint density at radius 1 is 0.750 bits per heavy atom. The Morgan fingerprint density at radius 2 is 1.18 bits per heavy atom. The maximum atomic E-state index is 12.7. The van der Waals surface area contributed by atoms with E-state index in [9.17, 15) is 4.79 Å². The van der Waals surface area contributed by atoms with E-state index >= 15 is 0 Å². The van der Waals surface area contributed by atoms with Crippen molar-refractivity contribution in [3.63, 3.8) is 0 Å². The van der Waals surface area contributed by atoms with Crippen LogP contribution in [-0.2, 0) is 0 Å². The molecule has 3 heteroatoms. The van der Waals surface area contributed by atoms with Gasteiger partial charge in [-0.3, -0.25) is 9.69 Å². The molecule has 0 heterocycles. The van der Waals surface area contributed by atoms with Gasteiger partial charge in [0.1, 0.15) is 0 Å². The molecule has 1 rings (SSSR count). The van der Waals surface area contributed by atoms with Crippen LogP contribution in [0.3, 0.4) is 0 Å². The summed E-state index contributed by atoms with van der Waals surface area (Å²) in [5, 5.41) is 0. The highest BCUT2D eigenvalue weighted by Gasteiger charge is 2.21. The molecule has 0 amide bonds. The van der Waals surface area contributed by atoms with Crippen LogP contribution >= 0.6 is 17.0 Å². The van der Waals surface area contributed by atoms with Gasteiger partial charge in [-0.1, -0.05) is 121 Å². The first-order valence-corrected chi connectivity index (χ1v) is 11.4. The van der Waals surface area contributed by atoms with Crippen LogP contribution in [0.25, 0.3) is 0 Å². The van der Waals surface area contributed by atoms with Crippen molar-refractivity contribution >= 4 is 22.8 Å². The first-order valence-electron chi connectivity index (χ1n) is 11.4. The topological polar surface area (TPSA) is 20.3 Å². The molecule has 162 valence electrons. The SMILES string of the molecule is Br.CCCCCCCCCCCCCCCC(C(=O)c1ccccc1)N(C)C. The molecule has 0 N–H and O–H groups in total. The first-order chi connectivity index (χ1) is 13.2. The molecule has 1 unspecified atom stereocenters. The summed E-state index contributed by atoms with van der Waals surface area (Å²) < 4.78 is 0. The first kappa shape index (κ1) is 27.3. The van der Waals surface area contributed by atoms with E-state index < -0.39 is 0 Å². The van der Waals surface area contributed by atoms with Gasteiger partial charge in [-0.25, -0.2) is 0 Å². The van der Waals surface area contributed by atoms with Crippen LogP contribution in [-0.4, -0.2) is 30.8 Å². The molecular weight excluding hydrogens is 410 g/mol. The fourth-order valence-corrected chi connectivity index (χ4v) is 3.77. The number of halogens is 1. The largest absolute Gasteiger partial charge is 0.299 e. The number of hydrogen-bond donors (Lipinski definition) is 0. The molecule has 0 spiro atoms. The molecular formula is C25H44BrNO. The maximum absolute atomic E-state index is 12.7. The molecule has 1 aromatic carbocycles. The van der Waals surface area contributed by atoms with Crippen LogP contribution < -0.4 is 0 Å². The number of unbranched alkanes of at least 4 members (excludes halogenated alkanes) is 12. The lowest BCUT2D eigenvalue weighted by Gasteiger charge is -2.23. The van der Waals surface area contributed by atoms with Gasteiger partial charge in [-0.15, -0.1) is 17.0 Å². The zero-order valence-electron chi connectivity index (χ0n) is 18.6. The summed E-state index contributed by atoms with van der Waals surface area (Å²) in [6.45, 7) is 2.28. The van der Waals surface area contributed by atoms with E-state index in [0.717, 1.165) is 18.4 Å². The monoisotopic (exact) mass is 453 g/mol. The lowest BCUT2D eigenvalue weighted by molar-refractivity contribution is 0.0863. The van der Waals surface area contributed by atoms with E-state index in [1.54, 1.807) is 0 Å². The predicted molar refractivity (Wildman–Crippen MR) is 129 cm³/mol. The normalized spacial score (nSPS) is 12.0. The Balaban J connectivity index is 0.00000729. The van der Waals surface area contributed by atoms with E-state index in [-0.39, 0.29) is 28.8 Å². The van der Waals surface area contributed by atoms with Crippen LogP contribution in [0.4, 0.5) is 0 Å². The second-order valence-corrected chi connectivity index (χ2v) is 8.24. The third-order valence-corrected chi connectivity index (χ3v) is 5.57. The third kappa shape index (κ3) is 12.7. The van der Waals surface area contributed by atoms with E-state index in [1.165, 1.54) is 77.0 Å². The standard InChI is InChI=1S/C25H43NO.BrH/c1-4-5-6-7-8-9-10-11-12-13-14-15-19-22-24(26(2)3)25(27)23-20-17-16-18-21-23;/h16-18,20-21,24H,4-15,19,22H2,1-3H3;1H. The molecule has 0 aliphatic rings. The van der Waals surface area contributed by atoms with Crippen molar-refractivity contribution in [2.45, 2.75) is 103 Å². The van der Waals surface area contributed by atoms with E-state index in [0.29, 0.717) is 0 Å². The lowest BCUT2D eigenvalue weighted by atomic mass is 9.97. The summed E-state index contributed by atoms with van der Waals surface area (Å²) in [4.78, 5) is 14.8. The summed E-state index contributed by atoms with van der Waals surface area (Å²) >= 11 is 0. The van der Waals surface area contributed by atoms with Crippen LogP contribution in [0, 0.1) is 0 Å². The van der Waals surface area contributed by atoms with Crippen molar-refractivity contribution in [2.75, 3.05) is 14.1 Å². The van der Waals surface area contributed by atoms with Crippen molar-refractivity contribution in [2.24, 2.45) is 0 Å². The van der Waals surface area contributed by atoms with Crippen molar-refractivity contribution in [3.8, 4) is 0 Å². The van der Waals surface area contributed by atoms with Gasteiger partial charge in [0.2, 0.25) is 0 Å². The number of benzene rings is 1. The predicted octanol–water partition coefficient (Wildman–Crippen LogP) is 7.86. The van der Waals surface area contributed by atoms with Crippen molar-refractivity contribution in [3.05, 3.63) is 35.9 Å². The number of rotatable bonds is 17. The fraction of sp³-hybridized carbons (Fsp3) is 0.720. The Labute approximate surface area is 185 Å². The Kier molecular flexibility index (Phi) is 17.9. The van der Waals surface area contributed by atoms with Crippen LogP contribution in [0.5, 0.6) is 0 Å². The number of Topliss-reactive ketones (excluding diaryl/α,β-unsaturated/α-hetero) is 1. The number of carbonyl (C=O) groups is 1. The van der Waals surface area contributed by atoms with Gasteiger partial charge in [0.05, 0.1) is 6.04 Å². The van der Waals surface area contributed by atoms with Crippen molar-refractivity contribution < 1.29 is 4.79 Å². The summed E-state index contributed by atoms with van der Waals surface area (Å²) in [5.74, 6) is 0.263. The molecule has 0 aromatic heterocycles. The zero-order valence-corrected chi connectivity index (χ0v) is 20.3. The van der Waals surface area contributed by atoms with Crippen LogP contribution in [0.2, 0.25) is 0 Å². The van der Waals surface area contributed by atoms with E-state index in [2.05, 4.69) is 11.8 Å². The van der Waals surface area contributed by atoms with Gasteiger partial charge in [0.15, 0.2) is 5.78 Å². The maximum Gasteiger partial charge on any atom is 0.179 e. The average molecular weight is 455 g/mol. The highest BCUT2D eigenvalue weighted by Crippen LogP contribution is 2.16. The minimum atomic E-state index is 0. The molecule has 0 aliphatic carbocycles. The molecule has 28 heavy (non-hydrogen) atoms. The van der Waals surface area contributed by atoms with Gasteiger partial charge < -0.3 is 0 Å². The third-order valence-electron chi connectivity index (χ3n) is 5.57. The molecule has 0 saturated heterocycles. The quantitative estimate of drug-likeness (QED) is 0.176. The van der Waals surface area contributed by atoms with Crippen molar-refractivity contribution in [1.82, 2.24) is 4.90 Å². The van der Waals surface area contributed by atoms with Crippen molar-refractivity contribution in [1.29, 1.82) is 0 Å². The molecule has 0 aliphatic heterocycles.